The van der Waals surface area contributed by atoms with E-state index in [2.05, 4.69) is 6.58 Å². The molecule has 18 heavy (non-hydrogen) atoms. The standard InChI is InChI=1S/C14H16FNO2/c1-2-9-16(10-11-17)14(18)8-7-12-5-3-4-6-13(12)15/h2-8,17H,1,9-11H2/b8-7+. The van der Waals surface area contributed by atoms with Gasteiger partial charge in [-0.3, -0.25) is 4.79 Å². The van der Waals surface area contributed by atoms with Crippen LogP contribution in [-0.4, -0.2) is 35.6 Å². The number of amides is 1. The highest BCUT2D eigenvalue weighted by molar-refractivity contribution is 5.91. The minimum atomic E-state index is -0.376. The molecular formula is C14H16FNO2. The van der Waals surface area contributed by atoms with E-state index in [0.29, 0.717) is 12.1 Å². The van der Waals surface area contributed by atoms with Gasteiger partial charge in [0.1, 0.15) is 5.82 Å². The predicted molar refractivity (Wildman–Crippen MR) is 69.3 cm³/mol. The summed E-state index contributed by atoms with van der Waals surface area (Å²) in [4.78, 5) is 13.2. The Morgan fingerprint density at radius 3 is 2.78 bits per heavy atom. The lowest BCUT2D eigenvalue weighted by Gasteiger charge is -2.17. The highest BCUT2D eigenvalue weighted by Crippen LogP contribution is 2.08. The largest absolute Gasteiger partial charge is 0.395 e. The molecule has 1 rings (SSSR count). The van der Waals surface area contributed by atoms with Crippen LogP contribution in [0.4, 0.5) is 4.39 Å². The Morgan fingerprint density at radius 1 is 1.44 bits per heavy atom. The third-order valence-corrected chi connectivity index (χ3v) is 2.34. The molecule has 0 saturated carbocycles. The van der Waals surface area contributed by atoms with Gasteiger partial charge in [0, 0.05) is 24.7 Å². The number of rotatable bonds is 6. The van der Waals surface area contributed by atoms with Crippen LogP contribution in [0.25, 0.3) is 6.08 Å². The summed E-state index contributed by atoms with van der Waals surface area (Å²) < 4.78 is 13.3. The number of aliphatic hydroxyl groups excluding tert-OH is 1. The molecule has 0 atom stereocenters. The molecule has 0 saturated heterocycles. The van der Waals surface area contributed by atoms with Crippen LogP contribution >= 0.6 is 0 Å². The molecule has 1 aromatic carbocycles. The van der Waals surface area contributed by atoms with Gasteiger partial charge < -0.3 is 10.0 Å². The van der Waals surface area contributed by atoms with Gasteiger partial charge in [0.05, 0.1) is 6.61 Å². The van der Waals surface area contributed by atoms with Crippen molar-refractivity contribution in [3.63, 3.8) is 0 Å². The molecule has 3 nitrogen and oxygen atoms in total. The molecule has 0 fully saturated rings. The first-order chi connectivity index (χ1) is 8.69. The highest BCUT2D eigenvalue weighted by Gasteiger charge is 2.07. The number of carbonyl (C=O) groups excluding carboxylic acids is 1. The normalized spacial score (nSPS) is 10.6. The highest BCUT2D eigenvalue weighted by atomic mass is 19.1. The molecule has 0 spiro atoms. The van der Waals surface area contributed by atoms with Crippen LogP contribution in [0.3, 0.4) is 0 Å². The SMILES string of the molecule is C=CCN(CCO)C(=O)/C=C/c1ccccc1F. The van der Waals surface area contributed by atoms with Crippen molar-refractivity contribution in [3.05, 3.63) is 54.4 Å². The Labute approximate surface area is 106 Å². The molecule has 0 unspecified atom stereocenters. The lowest BCUT2D eigenvalue weighted by molar-refractivity contribution is -0.125. The van der Waals surface area contributed by atoms with Crippen LogP contribution < -0.4 is 0 Å². The zero-order valence-corrected chi connectivity index (χ0v) is 10.1. The summed E-state index contributed by atoms with van der Waals surface area (Å²) in [7, 11) is 0. The minimum Gasteiger partial charge on any atom is -0.395 e. The predicted octanol–water partition coefficient (Wildman–Crippen LogP) is 1.85. The number of benzene rings is 1. The lowest BCUT2D eigenvalue weighted by atomic mass is 10.2. The topological polar surface area (TPSA) is 40.5 Å². The van der Waals surface area contributed by atoms with E-state index >= 15 is 0 Å². The number of nitrogens with zero attached hydrogens (tertiary/aromatic N) is 1. The fourth-order valence-electron chi connectivity index (χ4n) is 1.44. The van der Waals surface area contributed by atoms with Crippen LogP contribution in [0.1, 0.15) is 5.56 Å². The Hall–Kier alpha value is -1.94. The van der Waals surface area contributed by atoms with E-state index in [0.717, 1.165) is 0 Å². The first kappa shape index (κ1) is 14.1. The van der Waals surface area contributed by atoms with Crippen LogP contribution in [0.5, 0.6) is 0 Å². The van der Waals surface area contributed by atoms with Crippen molar-refractivity contribution in [1.82, 2.24) is 4.90 Å². The van der Waals surface area contributed by atoms with Crippen molar-refractivity contribution in [2.75, 3.05) is 19.7 Å². The smallest absolute Gasteiger partial charge is 0.246 e. The van der Waals surface area contributed by atoms with Crippen molar-refractivity contribution in [3.8, 4) is 0 Å². The number of carbonyl (C=O) groups is 1. The Balaban J connectivity index is 2.73. The van der Waals surface area contributed by atoms with Gasteiger partial charge in [0.15, 0.2) is 0 Å². The summed E-state index contributed by atoms with van der Waals surface area (Å²) in [5.74, 6) is -0.661. The number of halogens is 1. The van der Waals surface area contributed by atoms with Crippen LogP contribution in [0.15, 0.2) is 43.0 Å². The van der Waals surface area contributed by atoms with E-state index in [1.807, 2.05) is 0 Å². The molecule has 0 aliphatic carbocycles. The van der Waals surface area contributed by atoms with E-state index in [-0.39, 0.29) is 24.9 Å². The van der Waals surface area contributed by atoms with E-state index in [4.69, 9.17) is 5.11 Å². The van der Waals surface area contributed by atoms with E-state index in [9.17, 15) is 9.18 Å². The maximum Gasteiger partial charge on any atom is 0.246 e. The number of aliphatic hydroxyl groups is 1. The molecule has 1 aromatic rings. The summed E-state index contributed by atoms with van der Waals surface area (Å²) in [6.07, 6.45) is 4.28. The zero-order valence-electron chi connectivity index (χ0n) is 10.1. The van der Waals surface area contributed by atoms with Crippen LogP contribution in [0, 0.1) is 5.82 Å². The second-order valence-corrected chi connectivity index (χ2v) is 3.65. The molecular weight excluding hydrogens is 233 g/mol. The summed E-state index contributed by atoms with van der Waals surface area (Å²) in [5, 5.41) is 8.83. The fraction of sp³-hybridized carbons (Fsp3) is 0.214. The molecule has 0 aromatic heterocycles. The van der Waals surface area contributed by atoms with E-state index in [1.54, 1.807) is 24.3 Å². The summed E-state index contributed by atoms with van der Waals surface area (Å²) >= 11 is 0. The van der Waals surface area contributed by atoms with Gasteiger partial charge in [-0.05, 0) is 12.1 Å². The molecule has 0 aliphatic heterocycles. The second-order valence-electron chi connectivity index (χ2n) is 3.65. The molecule has 0 heterocycles. The molecule has 1 amide bonds. The monoisotopic (exact) mass is 249 g/mol. The minimum absolute atomic E-state index is 0.118. The lowest BCUT2D eigenvalue weighted by Crippen LogP contribution is -2.32. The van der Waals surface area contributed by atoms with Gasteiger partial charge in [-0.2, -0.15) is 0 Å². The fourth-order valence-corrected chi connectivity index (χ4v) is 1.44. The molecule has 4 heteroatoms. The van der Waals surface area contributed by atoms with Gasteiger partial charge in [0.25, 0.3) is 0 Å². The number of hydrogen-bond acceptors (Lipinski definition) is 2. The van der Waals surface area contributed by atoms with Crippen molar-refractivity contribution in [2.24, 2.45) is 0 Å². The average molecular weight is 249 g/mol. The van der Waals surface area contributed by atoms with E-state index < -0.39 is 0 Å². The third-order valence-electron chi connectivity index (χ3n) is 2.34. The Kier molecular flexibility index (Phi) is 5.80. The van der Waals surface area contributed by atoms with Crippen molar-refractivity contribution >= 4 is 12.0 Å². The molecule has 1 N–H and O–H groups in total. The van der Waals surface area contributed by atoms with Crippen LogP contribution in [0.2, 0.25) is 0 Å². The zero-order chi connectivity index (χ0) is 13.4. The van der Waals surface area contributed by atoms with Gasteiger partial charge >= 0.3 is 0 Å². The molecule has 0 radical (unpaired) electrons. The van der Waals surface area contributed by atoms with Crippen molar-refractivity contribution in [2.45, 2.75) is 0 Å². The molecule has 0 aliphatic rings. The first-order valence-electron chi connectivity index (χ1n) is 5.62. The summed E-state index contributed by atoms with van der Waals surface area (Å²) in [6, 6.07) is 6.20. The summed E-state index contributed by atoms with van der Waals surface area (Å²) in [5.41, 5.74) is 0.355. The van der Waals surface area contributed by atoms with Gasteiger partial charge in [-0.1, -0.05) is 24.3 Å². The van der Waals surface area contributed by atoms with Crippen LogP contribution in [-0.2, 0) is 4.79 Å². The maximum absolute atomic E-state index is 13.3. The Morgan fingerprint density at radius 2 is 2.17 bits per heavy atom. The summed E-state index contributed by atoms with van der Waals surface area (Å²) in [6.45, 7) is 4.00. The maximum atomic E-state index is 13.3. The van der Waals surface area contributed by atoms with Gasteiger partial charge in [0.2, 0.25) is 5.91 Å². The van der Waals surface area contributed by atoms with Crippen molar-refractivity contribution < 1.29 is 14.3 Å². The molecule has 0 bridgehead atoms. The second kappa shape index (κ2) is 7.40. The van der Waals surface area contributed by atoms with Gasteiger partial charge in [-0.15, -0.1) is 6.58 Å². The third kappa shape index (κ3) is 4.14. The number of hydrogen-bond donors (Lipinski definition) is 1. The van der Waals surface area contributed by atoms with Crippen molar-refractivity contribution in [1.29, 1.82) is 0 Å². The first-order valence-corrected chi connectivity index (χ1v) is 5.62. The quantitative estimate of drug-likeness (QED) is 0.617. The average Bonchev–Trinajstić information content (AvgIpc) is 2.37. The Bertz CT molecular complexity index is 443. The van der Waals surface area contributed by atoms with E-state index in [1.165, 1.54) is 23.1 Å². The van der Waals surface area contributed by atoms with Gasteiger partial charge in [-0.25, -0.2) is 4.39 Å². The molecule has 96 valence electrons.